The molecule has 2 heterocycles. The standard InChI is InChI=1S/C21H27N5O2S/c1-6-16-7-9-17(10-8-16)28-15(4)20-23-24-21(29-20)22-19(27)12-11-18-13(2)25-26(5)14(18)3/h7-10,15H,6,11-12H2,1-5H3,(H,22,24,27). The molecule has 29 heavy (non-hydrogen) atoms. The van der Waals surface area contributed by atoms with Crippen LogP contribution in [0.3, 0.4) is 0 Å². The number of carbonyl (C=O) groups is 1. The van der Waals surface area contributed by atoms with Crippen molar-refractivity contribution in [1.29, 1.82) is 0 Å². The highest BCUT2D eigenvalue weighted by Gasteiger charge is 2.16. The maximum atomic E-state index is 12.3. The molecule has 1 aromatic carbocycles. The first kappa shape index (κ1) is 21.0. The largest absolute Gasteiger partial charge is 0.483 e. The van der Waals surface area contributed by atoms with Crippen LogP contribution in [0.5, 0.6) is 5.75 Å². The van der Waals surface area contributed by atoms with E-state index in [1.165, 1.54) is 16.9 Å². The number of aromatic nitrogens is 4. The molecule has 0 bridgehead atoms. The van der Waals surface area contributed by atoms with Crippen molar-refractivity contribution in [3.63, 3.8) is 0 Å². The first-order valence-corrected chi connectivity index (χ1v) is 10.6. The van der Waals surface area contributed by atoms with Gasteiger partial charge in [-0.05, 0) is 56.9 Å². The molecule has 0 saturated carbocycles. The molecule has 2 aromatic heterocycles. The van der Waals surface area contributed by atoms with E-state index in [1.54, 1.807) is 0 Å². The van der Waals surface area contributed by atoms with Crippen LogP contribution in [0.4, 0.5) is 5.13 Å². The minimum atomic E-state index is -0.244. The molecule has 1 unspecified atom stereocenters. The van der Waals surface area contributed by atoms with Gasteiger partial charge in [0.2, 0.25) is 11.0 Å². The number of benzene rings is 1. The molecule has 0 fully saturated rings. The van der Waals surface area contributed by atoms with Crippen LogP contribution in [0.25, 0.3) is 0 Å². The smallest absolute Gasteiger partial charge is 0.226 e. The third-order valence-corrected chi connectivity index (χ3v) is 5.94. The second-order valence-electron chi connectivity index (χ2n) is 7.02. The Morgan fingerprint density at radius 3 is 2.59 bits per heavy atom. The van der Waals surface area contributed by atoms with Gasteiger partial charge in [-0.15, -0.1) is 10.2 Å². The molecule has 3 aromatic rings. The van der Waals surface area contributed by atoms with E-state index >= 15 is 0 Å². The van der Waals surface area contributed by atoms with E-state index in [2.05, 4.69) is 39.7 Å². The summed E-state index contributed by atoms with van der Waals surface area (Å²) in [5.41, 5.74) is 4.44. The van der Waals surface area contributed by atoms with Gasteiger partial charge in [-0.1, -0.05) is 30.4 Å². The summed E-state index contributed by atoms with van der Waals surface area (Å²) in [7, 11) is 1.91. The Morgan fingerprint density at radius 1 is 1.24 bits per heavy atom. The number of anilines is 1. The van der Waals surface area contributed by atoms with Gasteiger partial charge in [0.15, 0.2) is 5.01 Å². The molecule has 1 atom stereocenters. The van der Waals surface area contributed by atoms with Gasteiger partial charge in [-0.3, -0.25) is 9.48 Å². The van der Waals surface area contributed by atoms with Crippen LogP contribution >= 0.6 is 11.3 Å². The maximum Gasteiger partial charge on any atom is 0.226 e. The fourth-order valence-corrected chi connectivity index (χ4v) is 3.85. The third-order valence-electron chi connectivity index (χ3n) is 4.94. The Labute approximate surface area is 175 Å². The normalized spacial score (nSPS) is 12.0. The van der Waals surface area contributed by atoms with Gasteiger partial charge >= 0.3 is 0 Å². The molecule has 0 aliphatic carbocycles. The van der Waals surface area contributed by atoms with E-state index in [1.807, 2.05) is 44.6 Å². The summed E-state index contributed by atoms with van der Waals surface area (Å²) in [6, 6.07) is 8.03. The number of carbonyl (C=O) groups excluding carboxylic acids is 1. The quantitative estimate of drug-likeness (QED) is 0.600. The summed E-state index contributed by atoms with van der Waals surface area (Å²) in [6.45, 7) is 8.03. The number of amides is 1. The van der Waals surface area contributed by atoms with Crippen LogP contribution in [0.2, 0.25) is 0 Å². The third kappa shape index (κ3) is 5.20. The molecule has 1 amide bonds. The van der Waals surface area contributed by atoms with Crippen LogP contribution in [0.1, 0.15) is 53.9 Å². The van der Waals surface area contributed by atoms with Crippen molar-refractivity contribution in [2.75, 3.05) is 5.32 Å². The predicted molar refractivity (Wildman–Crippen MR) is 114 cm³/mol. The lowest BCUT2D eigenvalue weighted by molar-refractivity contribution is -0.116. The Morgan fingerprint density at radius 2 is 1.97 bits per heavy atom. The fourth-order valence-electron chi connectivity index (χ4n) is 3.11. The van der Waals surface area contributed by atoms with E-state index in [0.29, 0.717) is 18.0 Å². The molecule has 0 radical (unpaired) electrons. The first-order valence-electron chi connectivity index (χ1n) is 9.75. The Hall–Kier alpha value is -2.74. The number of ether oxygens (including phenoxy) is 1. The van der Waals surface area contributed by atoms with Crippen molar-refractivity contribution in [3.05, 3.63) is 51.8 Å². The van der Waals surface area contributed by atoms with Gasteiger partial charge in [-0.25, -0.2) is 0 Å². The average Bonchev–Trinajstić information content (AvgIpc) is 3.25. The Kier molecular flexibility index (Phi) is 6.64. The second-order valence-corrected chi connectivity index (χ2v) is 8.03. The van der Waals surface area contributed by atoms with Crippen molar-refractivity contribution in [2.45, 2.75) is 53.1 Å². The lowest BCUT2D eigenvalue weighted by atomic mass is 10.1. The van der Waals surface area contributed by atoms with Crippen LogP contribution in [0, 0.1) is 13.8 Å². The molecular weight excluding hydrogens is 386 g/mol. The lowest BCUT2D eigenvalue weighted by Crippen LogP contribution is -2.12. The Bertz CT molecular complexity index is 978. The highest BCUT2D eigenvalue weighted by atomic mass is 32.1. The molecule has 8 heteroatoms. The summed E-state index contributed by atoms with van der Waals surface area (Å²) < 4.78 is 7.78. The van der Waals surface area contributed by atoms with E-state index in [0.717, 1.165) is 34.1 Å². The van der Waals surface area contributed by atoms with Crippen LogP contribution in [-0.2, 0) is 24.7 Å². The molecular formula is C21H27N5O2S. The van der Waals surface area contributed by atoms with Gasteiger partial charge in [0.1, 0.15) is 11.9 Å². The van der Waals surface area contributed by atoms with Gasteiger partial charge in [0.25, 0.3) is 0 Å². The fraction of sp³-hybridized carbons (Fsp3) is 0.429. The number of aryl methyl sites for hydroxylation is 3. The molecule has 154 valence electrons. The SMILES string of the molecule is CCc1ccc(OC(C)c2nnc(NC(=O)CCc3c(C)nn(C)c3C)s2)cc1. The zero-order valence-corrected chi connectivity index (χ0v) is 18.3. The topological polar surface area (TPSA) is 81.9 Å². The van der Waals surface area contributed by atoms with Gasteiger partial charge < -0.3 is 10.1 Å². The minimum Gasteiger partial charge on any atom is -0.483 e. The van der Waals surface area contributed by atoms with Crippen LogP contribution in [0.15, 0.2) is 24.3 Å². The molecule has 3 rings (SSSR count). The highest BCUT2D eigenvalue weighted by molar-refractivity contribution is 7.15. The van der Waals surface area contributed by atoms with Crippen LogP contribution < -0.4 is 10.1 Å². The number of hydrogen-bond donors (Lipinski definition) is 1. The summed E-state index contributed by atoms with van der Waals surface area (Å²) in [5.74, 6) is 0.705. The molecule has 0 spiro atoms. The first-order chi connectivity index (χ1) is 13.9. The summed E-state index contributed by atoms with van der Waals surface area (Å²) in [6.07, 6.45) is 1.77. The van der Waals surface area contributed by atoms with Crippen molar-refractivity contribution < 1.29 is 9.53 Å². The van der Waals surface area contributed by atoms with Crippen molar-refractivity contribution in [3.8, 4) is 5.75 Å². The molecule has 1 N–H and O–H groups in total. The maximum absolute atomic E-state index is 12.3. The van der Waals surface area contributed by atoms with Gasteiger partial charge in [0.05, 0.1) is 5.69 Å². The van der Waals surface area contributed by atoms with Crippen molar-refractivity contribution >= 4 is 22.4 Å². The average molecular weight is 414 g/mol. The van der Waals surface area contributed by atoms with Crippen molar-refractivity contribution in [2.24, 2.45) is 7.05 Å². The monoisotopic (exact) mass is 413 g/mol. The second kappa shape index (κ2) is 9.17. The van der Waals surface area contributed by atoms with E-state index in [4.69, 9.17) is 4.74 Å². The molecule has 0 aliphatic rings. The number of nitrogens with one attached hydrogen (secondary N) is 1. The van der Waals surface area contributed by atoms with E-state index < -0.39 is 0 Å². The number of hydrogen-bond acceptors (Lipinski definition) is 6. The van der Waals surface area contributed by atoms with Crippen LogP contribution in [-0.4, -0.2) is 25.9 Å². The molecule has 7 nitrogen and oxygen atoms in total. The van der Waals surface area contributed by atoms with Gasteiger partial charge in [0, 0.05) is 19.2 Å². The number of rotatable bonds is 8. The zero-order valence-electron chi connectivity index (χ0n) is 17.5. The van der Waals surface area contributed by atoms with E-state index in [-0.39, 0.29) is 12.0 Å². The zero-order chi connectivity index (χ0) is 21.0. The molecule has 0 saturated heterocycles. The minimum absolute atomic E-state index is 0.0842. The van der Waals surface area contributed by atoms with E-state index in [9.17, 15) is 4.79 Å². The lowest BCUT2D eigenvalue weighted by Gasteiger charge is -2.11. The summed E-state index contributed by atoms with van der Waals surface area (Å²) in [5, 5.41) is 16.7. The summed E-state index contributed by atoms with van der Waals surface area (Å²) >= 11 is 1.33. The van der Waals surface area contributed by atoms with Crippen molar-refractivity contribution in [1.82, 2.24) is 20.0 Å². The van der Waals surface area contributed by atoms with Gasteiger partial charge in [-0.2, -0.15) is 5.10 Å². The highest BCUT2D eigenvalue weighted by Crippen LogP contribution is 2.26. The Balaban J connectivity index is 1.54. The summed E-state index contributed by atoms with van der Waals surface area (Å²) in [4.78, 5) is 12.3. The number of nitrogens with zero attached hydrogens (tertiary/aromatic N) is 4. The predicted octanol–water partition coefficient (Wildman–Crippen LogP) is 4.16. The molecule has 0 aliphatic heterocycles.